The van der Waals surface area contributed by atoms with Crippen molar-refractivity contribution in [3.05, 3.63) is 63.2 Å². The highest BCUT2D eigenvalue weighted by atomic mass is 16.6. The van der Waals surface area contributed by atoms with Gasteiger partial charge >= 0.3 is 5.69 Å². The molecule has 0 saturated heterocycles. The molecule has 0 aliphatic rings. The highest BCUT2D eigenvalue weighted by Gasteiger charge is 2.19. The number of hydrogen-bond donors (Lipinski definition) is 0. The third kappa shape index (κ3) is 3.08. The second kappa shape index (κ2) is 5.96. The van der Waals surface area contributed by atoms with Gasteiger partial charge in [0.15, 0.2) is 0 Å². The van der Waals surface area contributed by atoms with E-state index in [1.807, 2.05) is 24.3 Å². The molecule has 0 aliphatic carbocycles. The summed E-state index contributed by atoms with van der Waals surface area (Å²) in [6.07, 6.45) is 0.957. The first-order chi connectivity index (χ1) is 11.0. The predicted octanol–water partition coefficient (Wildman–Crippen LogP) is 2.85. The van der Waals surface area contributed by atoms with Crippen LogP contribution in [0.5, 0.6) is 0 Å². The van der Waals surface area contributed by atoms with Gasteiger partial charge in [0.1, 0.15) is 11.3 Å². The standard InChI is InChI=1S/C16H13N3O4/c1-10(20)8-11-2-4-12(5-3-11)9-13-6-7-14(19(21)22)16-15(13)17-23-18-16/h2-7H,8-9H2,1H3. The molecular weight excluding hydrogens is 298 g/mol. The van der Waals surface area contributed by atoms with Crippen LogP contribution >= 0.6 is 0 Å². The van der Waals surface area contributed by atoms with Gasteiger partial charge in [0, 0.05) is 12.5 Å². The lowest BCUT2D eigenvalue weighted by Crippen LogP contribution is -1.97. The predicted molar refractivity (Wildman–Crippen MR) is 82.1 cm³/mol. The van der Waals surface area contributed by atoms with Crippen molar-refractivity contribution < 1.29 is 14.3 Å². The van der Waals surface area contributed by atoms with E-state index < -0.39 is 4.92 Å². The average Bonchev–Trinajstić information content (AvgIpc) is 2.98. The molecule has 0 aliphatic heterocycles. The van der Waals surface area contributed by atoms with Crippen LogP contribution in [0.25, 0.3) is 11.0 Å². The smallest absolute Gasteiger partial charge is 0.300 e. The van der Waals surface area contributed by atoms with Gasteiger partial charge < -0.3 is 0 Å². The first kappa shape index (κ1) is 14.8. The molecule has 23 heavy (non-hydrogen) atoms. The second-order valence-corrected chi connectivity index (χ2v) is 5.33. The molecule has 0 amide bonds. The quantitative estimate of drug-likeness (QED) is 0.530. The molecule has 116 valence electrons. The number of benzene rings is 2. The largest absolute Gasteiger partial charge is 0.300 e. The molecule has 0 bridgehead atoms. The molecule has 0 radical (unpaired) electrons. The molecule has 3 aromatic rings. The third-order valence-corrected chi connectivity index (χ3v) is 3.55. The van der Waals surface area contributed by atoms with E-state index in [9.17, 15) is 14.9 Å². The molecule has 7 nitrogen and oxygen atoms in total. The van der Waals surface area contributed by atoms with E-state index >= 15 is 0 Å². The average molecular weight is 311 g/mol. The number of aromatic nitrogens is 2. The maximum atomic E-state index is 11.1. The van der Waals surface area contributed by atoms with E-state index in [-0.39, 0.29) is 17.0 Å². The van der Waals surface area contributed by atoms with Gasteiger partial charge in [0.05, 0.1) is 4.92 Å². The van der Waals surface area contributed by atoms with Crippen molar-refractivity contribution in [1.29, 1.82) is 0 Å². The zero-order chi connectivity index (χ0) is 16.4. The Balaban J connectivity index is 1.90. The Morgan fingerprint density at radius 1 is 1.09 bits per heavy atom. The first-order valence-corrected chi connectivity index (χ1v) is 7.00. The van der Waals surface area contributed by atoms with Gasteiger partial charge in [0.25, 0.3) is 0 Å². The van der Waals surface area contributed by atoms with E-state index in [0.29, 0.717) is 18.4 Å². The molecule has 3 rings (SSSR count). The summed E-state index contributed by atoms with van der Waals surface area (Å²) in [5, 5.41) is 18.4. The molecular formula is C16H13N3O4. The normalized spacial score (nSPS) is 10.8. The molecule has 1 aromatic heterocycles. The molecule has 0 saturated carbocycles. The number of nitrogens with zero attached hydrogens (tertiary/aromatic N) is 3. The van der Waals surface area contributed by atoms with Crippen LogP contribution in [-0.2, 0) is 17.6 Å². The Morgan fingerprint density at radius 3 is 2.39 bits per heavy atom. The first-order valence-electron chi connectivity index (χ1n) is 7.00. The summed E-state index contributed by atoms with van der Waals surface area (Å²) >= 11 is 0. The molecule has 0 unspecified atom stereocenters. The maximum Gasteiger partial charge on any atom is 0.300 e. The van der Waals surface area contributed by atoms with Crippen molar-refractivity contribution in [3.63, 3.8) is 0 Å². The molecule has 1 heterocycles. The van der Waals surface area contributed by atoms with E-state index in [4.69, 9.17) is 0 Å². The van der Waals surface area contributed by atoms with Crippen LogP contribution in [0.3, 0.4) is 0 Å². The second-order valence-electron chi connectivity index (χ2n) is 5.33. The summed E-state index contributed by atoms with van der Waals surface area (Å²) in [7, 11) is 0. The summed E-state index contributed by atoms with van der Waals surface area (Å²) in [6, 6.07) is 10.7. The fourth-order valence-electron chi connectivity index (χ4n) is 2.48. The van der Waals surface area contributed by atoms with E-state index in [1.54, 1.807) is 13.0 Å². The van der Waals surface area contributed by atoms with Gasteiger partial charge in [-0.1, -0.05) is 24.3 Å². The number of carbonyl (C=O) groups excluding carboxylic acids is 1. The minimum atomic E-state index is -0.507. The van der Waals surface area contributed by atoms with E-state index in [0.717, 1.165) is 16.7 Å². The number of fused-ring (bicyclic) bond motifs is 1. The van der Waals surface area contributed by atoms with Crippen LogP contribution in [0.2, 0.25) is 0 Å². The number of ketones is 1. The minimum absolute atomic E-state index is 0.114. The summed E-state index contributed by atoms with van der Waals surface area (Å²) in [6.45, 7) is 1.55. The Hall–Kier alpha value is -3.09. The summed E-state index contributed by atoms with van der Waals surface area (Å²) in [4.78, 5) is 21.6. The lowest BCUT2D eigenvalue weighted by Gasteiger charge is -2.04. The van der Waals surface area contributed by atoms with Crippen LogP contribution in [0.4, 0.5) is 5.69 Å². The van der Waals surface area contributed by atoms with Gasteiger partial charge in [-0.05, 0) is 46.4 Å². The van der Waals surface area contributed by atoms with Crippen molar-refractivity contribution >= 4 is 22.5 Å². The molecule has 7 heteroatoms. The van der Waals surface area contributed by atoms with Gasteiger partial charge in [0.2, 0.25) is 5.52 Å². The monoisotopic (exact) mass is 311 g/mol. The van der Waals surface area contributed by atoms with E-state index in [2.05, 4.69) is 14.9 Å². The van der Waals surface area contributed by atoms with Crippen LogP contribution < -0.4 is 0 Å². The highest BCUT2D eigenvalue weighted by Crippen LogP contribution is 2.27. The summed E-state index contributed by atoms with van der Waals surface area (Å²) in [5.41, 5.74) is 3.19. The van der Waals surface area contributed by atoms with Gasteiger partial charge in [-0.2, -0.15) is 0 Å². The van der Waals surface area contributed by atoms with Crippen molar-refractivity contribution in [1.82, 2.24) is 10.3 Å². The van der Waals surface area contributed by atoms with Crippen molar-refractivity contribution in [2.24, 2.45) is 0 Å². The number of rotatable bonds is 5. The molecule has 0 atom stereocenters. The lowest BCUT2D eigenvalue weighted by atomic mass is 10.0. The third-order valence-electron chi connectivity index (χ3n) is 3.55. The number of carbonyl (C=O) groups is 1. The SMILES string of the molecule is CC(=O)Cc1ccc(Cc2ccc([N+](=O)[O-])c3nonc23)cc1. The van der Waals surface area contributed by atoms with Gasteiger partial charge in [-0.25, -0.2) is 4.63 Å². The van der Waals surface area contributed by atoms with Crippen LogP contribution in [0.1, 0.15) is 23.6 Å². The zero-order valence-corrected chi connectivity index (χ0v) is 12.4. The van der Waals surface area contributed by atoms with Crippen LogP contribution in [0, 0.1) is 10.1 Å². The topological polar surface area (TPSA) is 99.1 Å². The van der Waals surface area contributed by atoms with Crippen molar-refractivity contribution in [2.75, 3.05) is 0 Å². The number of nitro groups is 1. The van der Waals surface area contributed by atoms with Crippen LogP contribution in [-0.4, -0.2) is 21.0 Å². The minimum Gasteiger partial charge on any atom is -0.300 e. The number of nitro benzene ring substituents is 1. The number of hydrogen-bond acceptors (Lipinski definition) is 6. The number of Topliss-reactive ketones (excluding diaryl/α,β-unsaturated/α-hetero) is 1. The Morgan fingerprint density at radius 2 is 1.74 bits per heavy atom. The Labute approximate surface area is 131 Å². The van der Waals surface area contributed by atoms with Gasteiger partial charge in [-0.15, -0.1) is 0 Å². The Bertz CT molecular complexity index is 884. The van der Waals surface area contributed by atoms with Crippen molar-refractivity contribution in [3.8, 4) is 0 Å². The Kier molecular flexibility index (Phi) is 3.84. The van der Waals surface area contributed by atoms with Crippen molar-refractivity contribution in [2.45, 2.75) is 19.8 Å². The summed E-state index contributed by atoms with van der Waals surface area (Å²) in [5.74, 6) is 0.114. The fourth-order valence-corrected chi connectivity index (χ4v) is 2.48. The highest BCUT2D eigenvalue weighted by molar-refractivity contribution is 5.86. The van der Waals surface area contributed by atoms with E-state index in [1.165, 1.54) is 6.07 Å². The summed E-state index contributed by atoms with van der Waals surface area (Å²) < 4.78 is 4.66. The van der Waals surface area contributed by atoms with Crippen LogP contribution in [0.15, 0.2) is 41.0 Å². The maximum absolute atomic E-state index is 11.1. The molecule has 0 N–H and O–H groups in total. The molecule has 0 spiro atoms. The number of non-ortho nitro benzene ring substituents is 1. The lowest BCUT2D eigenvalue weighted by molar-refractivity contribution is -0.383. The fraction of sp³-hybridized carbons (Fsp3) is 0.188. The molecule has 2 aromatic carbocycles. The zero-order valence-electron chi connectivity index (χ0n) is 12.4. The van der Waals surface area contributed by atoms with Gasteiger partial charge in [-0.3, -0.25) is 14.9 Å². The molecule has 0 fully saturated rings.